The molecule has 1 fully saturated rings. The number of nitrogens with zero attached hydrogens (tertiary/aromatic N) is 2. The molecule has 2 unspecified atom stereocenters. The van der Waals surface area contributed by atoms with Gasteiger partial charge < -0.3 is 20.0 Å². The zero-order valence-electron chi connectivity index (χ0n) is 17.4. The number of quaternary nitrogens is 1. The third kappa shape index (κ3) is 3.65. The summed E-state index contributed by atoms with van der Waals surface area (Å²) in [5.41, 5.74) is 11.1. The van der Waals surface area contributed by atoms with Crippen molar-refractivity contribution in [2.45, 2.75) is 19.4 Å². The van der Waals surface area contributed by atoms with Gasteiger partial charge in [-0.3, -0.25) is 0 Å². The van der Waals surface area contributed by atoms with E-state index in [2.05, 4.69) is 85.9 Å². The van der Waals surface area contributed by atoms with Crippen molar-refractivity contribution in [2.24, 2.45) is 5.41 Å². The van der Waals surface area contributed by atoms with Crippen molar-refractivity contribution in [1.82, 2.24) is 5.01 Å². The number of fused-ring (bicyclic) bond motifs is 1. The smallest absolute Gasteiger partial charge is 0.135 e. The van der Waals surface area contributed by atoms with Gasteiger partial charge >= 0.3 is 0 Å². The molecule has 0 bridgehead atoms. The zero-order chi connectivity index (χ0) is 20.7. The van der Waals surface area contributed by atoms with E-state index in [0.717, 1.165) is 40.3 Å². The molecule has 152 valence electrons. The van der Waals surface area contributed by atoms with Crippen LogP contribution in [0.2, 0.25) is 0 Å². The quantitative estimate of drug-likeness (QED) is 0.467. The maximum atomic E-state index is 5.69. The first-order valence-corrected chi connectivity index (χ1v) is 10.4. The topological polar surface area (TPSA) is 34.9 Å². The molecule has 4 heteroatoms. The number of benzene rings is 2. The Balaban J connectivity index is 1.30. The molecule has 1 N–H and O–H groups in total. The van der Waals surface area contributed by atoms with Crippen LogP contribution in [0.4, 0.5) is 5.69 Å². The maximum absolute atomic E-state index is 5.69. The minimum atomic E-state index is 0.402. The minimum absolute atomic E-state index is 0.402. The minimum Gasteiger partial charge on any atom is -0.457 e. The van der Waals surface area contributed by atoms with Gasteiger partial charge in [-0.1, -0.05) is 55.1 Å². The van der Waals surface area contributed by atoms with Crippen LogP contribution >= 0.6 is 0 Å². The molecule has 30 heavy (non-hydrogen) atoms. The van der Waals surface area contributed by atoms with Gasteiger partial charge in [0.05, 0.1) is 7.05 Å². The lowest BCUT2D eigenvalue weighted by Crippen LogP contribution is -3.00. The fourth-order valence-corrected chi connectivity index (χ4v) is 4.25. The molecule has 0 saturated heterocycles. The van der Waals surface area contributed by atoms with Crippen LogP contribution in [0.3, 0.4) is 0 Å². The second-order valence-electron chi connectivity index (χ2n) is 8.52. The van der Waals surface area contributed by atoms with Gasteiger partial charge in [0.1, 0.15) is 16.9 Å². The molecule has 2 atom stereocenters. The molecule has 1 saturated carbocycles. The van der Waals surface area contributed by atoms with E-state index in [1.165, 1.54) is 18.4 Å². The normalized spacial score (nSPS) is 20.4. The number of nitrogens with one attached hydrogen (secondary N) is 1. The molecule has 1 aromatic heterocycles. The predicted molar refractivity (Wildman–Crippen MR) is 121 cm³/mol. The van der Waals surface area contributed by atoms with E-state index >= 15 is 0 Å². The van der Waals surface area contributed by atoms with Crippen molar-refractivity contribution < 1.29 is 9.43 Å². The molecule has 1 heterocycles. The Morgan fingerprint density at radius 2 is 1.87 bits per heavy atom. The van der Waals surface area contributed by atoms with Crippen LogP contribution in [-0.4, -0.2) is 18.6 Å². The summed E-state index contributed by atoms with van der Waals surface area (Å²) in [5, 5.41) is 4.09. The van der Waals surface area contributed by atoms with Gasteiger partial charge in [-0.2, -0.15) is 0 Å². The third-order valence-electron chi connectivity index (χ3n) is 6.29. The van der Waals surface area contributed by atoms with Gasteiger partial charge in [-0.05, 0) is 55.3 Å². The highest BCUT2D eigenvalue weighted by molar-refractivity contribution is 5.59. The number of hydrogen-bond acceptors (Lipinski definition) is 2. The van der Waals surface area contributed by atoms with Gasteiger partial charge in [0.25, 0.3) is 0 Å². The van der Waals surface area contributed by atoms with Crippen molar-refractivity contribution in [1.29, 1.82) is 0 Å². The zero-order valence-corrected chi connectivity index (χ0v) is 17.4. The molecular weight excluding hydrogens is 370 g/mol. The van der Waals surface area contributed by atoms with Crippen molar-refractivity contribution in [3.8, 4) is 11.3 Å². The first-order valence-electron chi connectivity index (χ1n) is 10.4. The molecule has 0 spiro atoms. The number of rotatable bonds is 8. The highest BCUT2D eigenvalue weighted by atomic mass is 16.3. The average Bonchev–Trinajstić information content (AvgIpc) is 3.07. The Kier molecular flexibility index (Phi) is 4.70. The Morgan fingerprint density at radius 1 is 1.10 bits per heavy atom. The highest BCUT2D eigenvalue weighted by Gasteiger charge is 2.53. The molecule has 2 aliphatic rings. The van der Waals surface area contributed by atoms with Gasteiger partial charge in [0.15, 0.2) is 0 Å². The van der Waals surface area contributed by atoms with E-state index in [9.17, 15) is 0 Å². The average molecular weight is 398 g/mol. The summed E-state index contributed by atoms with van der Waals surface area (Å²) >= 11 is 0. The van der Waals surface area contributed by atoms with E-state index in [0.29, 0.717) is 10.8 Å². The Morgan fingerprint density at radius 3 is 2.43 bits per heavy atom. The summed E-state index contributed by atoms with van der Waals surface area (Å²) in [4.78, 5) is 0. The lowest BCUT2D eigenvalue weighted by Gasteiger charge is -2.42. The summed E-state index contributed by atoms with van der Waals surface area (Å²) in [6.45, 7) is 9.63. The maximum Gasteiger partial charge on any atom is 0.135 e. The van der Waals surface area contributed by atoms with Crippen molar-refractivity contribution in [3.63, 3.8) is 0 Å². The van der Waals surface area contributed by atoms with Gasteiger partial charge in [-0.15, -0.1) is 0 Å². The van der Waals surface area contributed by atoms with Crippen LogP contribution in [-0.2, 0) is 6.54 Å². The van der Waals surface area contributed by atoms with Crippen LogP contribution in [0.15, 0.2) is 76.7 Å². The van der Waals surface area contributed by atoms with Crippen molar-refractivity contribution in [3.05, 3.63) is 94.0 Å². The molecule has 2 aliphatic carbocycles. The second kappa shape index (κ2) is 7.40. The van der Waals surface area contributed by atoms with Crippen LogP contribution in [0.5, 0.6) is 0 Å². The van der Waals surface area contributed by atoms with Crippen molar-refractivity contribution in [2.75, 3.05) is 13.6 Å². The van der Waals surface area contributed by atoms with Crippen LogP contribution < -0.4 is 15.6 Å². The largest absolute Gasteiger partial charge is 0.457 e. The standard InChI is InChI=1S/C26H27N3O/c1-19-15-25(30-20(19)2)22-9-11-24(12-10-22)28(3)27-29(17-21-7-5-4-6-8-21)18-26-14-13-23(26)16-26/h4-13,15,28H,1-2,14,16-18H2,3H3. The van der Waals surface area contributed by atoms with E-state index in [-0.39, 0.29) is 0 Å². The van der Waals surface area contributed by atoms with Crippen LogP contribution in [0.1, 0.15) is 18.4 Å². The fourth-order valence-electron chi connectivity index (χ4n) is 4.25. The van der Waals surface area contributed by atoms with Crippen LogP contribution in [0, 0.1) is 5.41 Å². The summed E-state index contributed by atoms with van der Waals surface area (Å²) in [6.07, 6.45) is 4.81. The van der Waals surface area contributed by atoms with Crippen molar-refractivity contribution >= 4 is 18.8 Å². The molecule has 0 radical (unpaired) electrons. The molecule has 0 amide bonds. The van der Waals surface area contributed by atoms with Gasteiger partial charge in [-0.25, -0.2) is 0 Å². The lowest BCUT2D eigenvalue weighted by molar-refractivity contribution is -0.780. The summed E-state index contributed by atoms with van der Waals surface area (Å²) < 4.78 is 5.69. The summed E-state index contributed by atoms with van der Waals surface area (Å²) in [5.74, 6) is 0.800. The molecular formula is C26H27N3O. The number of hydrogen-bond donors (Lipinski definition) is 1. The second-order valence-corrected chi connectivity index (χ2v) is 8.52. The molecule has 5 rings (SSSR count). The van der Waals surface area contributed by atoms with Crippen LogP contribution in [0.25, 0.3) is 30.0 Å². The SMILES string of the molecule is C=c1cc(-c2ccc([NH+](C)[N-]N(Cc3ccccc3)CC34CC=C3C4)cc2)oc1=C. The van der Waals surface area contributed by atoms with Gasteiger partial charge in [0.2, 0.25) is 0 Å². The molecule has 0 aliphatic heterocycles. The van der Waals surface area contributed by atoms with E-state index < -0.39 is 0 Å². The Bertz CT molecular complexity index is 1150. The Labute approximate surface area is 177 Å². The molecule has 2 aromatic carbocycles. The fraction of sp³-hybridized carbons (Fsp3) is 0.231. The monoisotopic (exact) mass is 397 g/mol. The lowest BCUT2D eigenvalue weighted by atomic mass is 9.93. The highest BCUT2D eigenvalue weighted by Crippen LogP contribution is 2.63. The van der Waals surface area contributed by atoms with Gasteiger partial charge in [0, 0.05) is 22.7 Å². The summed E-state index contributed by atoms with van der Waals surface area (Å²) in [7, 11) is 2.09. The molecule has 4 nitrogen and oxygen atoms in total. The number of furan rings is 1. The predicted octanol–water partition coefficient (Wildman–Crippen LogP) is 3.34. The third-order valence-corrected chi connectivity index (χ3v) is 6.29. The molecule has 3 aromatic rings. The first kappa shape index (κ1) is 19.1. The first-order chi connectivity index (χ1) is 14.5. The number of allylic oxidation sites excluding steroid dienone is 1. The van der Waals surface area contributed by atoms with E-state index in [1.54, 1.807) is 5.57 Å². The Hall–Kier alpha value is -2.92. The summed E-state index contributed by atoms with van der Waals surface area (Å²) in [6, 6.07) is 20.9. The van der Waals surface area contributed by atoms with E-state index in [4.69, 9.17) is 9.95 Å². The van der Waals surface area contributed by atoms with E-state index in [1.807, 2.05) is 6.07 Å².